The van der Waals surface area contributed by atoms with Crippen molar-refractivity contribution in [3.8, 4) is 10.7 Å². The Kier molecular flexibility index (Phi) is 2.69. The zero-order chi connectivity index (χ0) is 12.7. The molecule has 5 heteroatoms. The number of hydrogen-bond acceptors (Lipinski definition) is 4. The summed E-state index contributed by atoms with van der Waals surface area (Å²) < 4.78 is 0. The Balaban J connectivity index is 2.34. The number of hydrogen-bond donors (Lipinski definition) is 1. The van der Waals surface area contributed by atoms with Crippen LogP contribution in [0.1, 0.15) is 5.56 Å². The number of nitrogen functional groups attached to an aromatic ring is 1. The predicted octanol–water partition coefficient (Wildman–Crippen LogP) is 3.90. The molecule has 18 heavy (non-hydrogen) atoms. The first-order valence-corrected chi connectivity index (χ1v) is 6.69. The van der Waals surface area contributed by atoms with Crippen LogP contribution in [0.3, 0.4) is 0 Å². The smallest absolute Gasteiger partial charge is 0.173 e. The summed E-state index contributed by atoms with van der Waals surface area (Å²) in [5, 5.41) is 3.46. The first kappa shape index (κ1) is 11.4. The van der Waals surface area contributed by atoms with Crippen LogP contribution < -0.4 is 5.73 Å². The maximum absolute atomic E-state index is 6.11. The molecule has 0 saturated heterocycles. The van der Waals surface area contributed by atoms with Crippen LogP contribution in [0.2, 0.25) is 5.02 Å². The molecule has 0 aliphatic carbocycles. The maximum atomic E-state index is 6.11. The van der Waals surface area contributed by atoms with Gasteiger partial charge in [-0.1, -0.05) is 23.7 Å². The Morgan fingerprint density at radius 1 is 1.22 bits per heavy atom. The van der Waals surface area contributed by atoms with E-state index in [1.54, 1.807) is 0 Å². The number of aromatic nitrogens is 2. The molecular formula is C13H10ClN3S. The van der Waals surface area contributed by atoms with Crippen LogP contribution >= 0.6 is 22.9 Å². The molecule has 0 aliphatic heterocycles. The van der Waals surface area contributed by atoms with E-state index in [9.17, 15) is 0 Å². The van der Waals surface area contributed by atoms with Crippen LogP contribution in [0.15, 0.2) is 29.6 Å². The molecule has 2 heterocycles. The standard InChI is InChI=1S/C13H10ClN3S/c1-7-3-2-4-8-10(7)16-13(17-12(8)15)11-9(14)5-6-18-11/h2-6H,1H3,(H2,15,16,17). The summed E-state index contributed by atoms with van der Waals surface area (Å²) in [6.45, 7) is 2.01. The van der Waals surface area contributed by atoms with E-state index in [4.69, 9.17) is 17.3 Å². The fourth-order valence-electron chi connectivity index (χ4n) is 1.87. The van der Waals surface area contributed by atoms with Crippen molar-refractivity contribution in [3.05, 3.63) is 40.2 Å². The summed E-state index contributed by atoms with van der Waals surface area (Å²) in [6.07, 6.45) is 0. The average Bonchev–Trinajstić information content (AvgIpc) is 2.77. The van der Waals surface area contributed by atoms with E-state index in [-0.39, 0.29) is 0 Å². The Bertz CT molecular complexity index is 736. The molecule has 0 spiro atoms. The van der Waals surface area contributed by atoms with Crippen molar-refractivity contribution < 1.29 is 0 Å². The van der Waals surface area contributed by atoms with Crippen LogP contribution in [0.5, 0.6) is 0 Å². The van der Waals surface area contributed by atoms with Crippen LogP contribution in [-0.4, -0.2) is 9.97 Å². The number of para-hydroxylation sites is 1. The Morgan fingerprint density at radius 2 is 2.06 bits per heavy atom. The van der Waals surface area contributed by atoms with Gasteiger partial charge >= 0.3 is 0 Å². The van der Waals surface area contributed by atoms with Crippen LogP contribution in [0.25, 0.3) is 21.6 Å². The molecule has 2 aromatic heterocycles. The number of aryl methyl sites for hydroxylation is 1. The molecular weight excluding hydrogens is 266 g/mol. The molecule has 0 amide bonds. The molecule has 2 N–H and O–H groups in total. The first-order chi connectivity index (χ1) is 8.66. The van der Waals surface area contributed by atoms with Crippen molar-refractivity contribution in [2.75, 3.05) is 5.73 Å². The number of nitrogens with two attached hydrogens (primary N) is 1. The summed E-state index contributed by atoms with van der Waals surface area (Å²) in [5.41, 5.74) is 7.95. The molecule has 0 bridgehead atoms. The highest BCUT2D eigenvalue weighted by atomic mass is 35.5. The highest BCUT2D eigenvalue weighted by Crippen LogP contribution is 2.33. The quantitative estimate of drug-likeness (QED) is 0.733. The van der Waals surface area contributed by atoms with E-state index in [0.717, 1.165) is 21.3 Å². The number of nitrogens with zero attached hydrogens (tertiary/aromatic N) is 2. The van der Waals surface area contributed by atoms with Crippen molar-refractivity contribution in [2.45, 2.75) is 6.92 Å². The molecule has 0 radical (unpaired) electrons. The van der Waals surface area contributed by atoms with Crippen molar-refractivity contribution in [3.63, 3.8) is 0 Å². The lowest BCUT2D eigenvalue weighted by Crippen LogP contribution is -1.98. The summed E-state index contributed by atoms with van der Waals surface area (Å²) in [5.74, 6) is 1.08. The summed E-state index contributed by atoms with van der Waals surface area (Å²) >= 11 is 7.62. The maximum Gasteiger partial charge on any atom is 0.173 e. The van der Waals surface area contributed by atoms with Crippen LogP contribution in [0.4, 0.5) is 5.82 Å². The molecule has 0 unspecified atom stereocenters. The van der Waals surface area contributed by atoms with Gasteiger partial charge in [-0.3, -0.25) is 0 Å². The minimum absolute atomic E-state index is 0.489. The molecule has 0 aliphatic rings. The van der Waals surface area contributed by atoms with Gasteiger partial charge in [0.15, 0.2) is 5.82 Å². The fourth-order valence-corrected chi connectivity index (χ4v) is 2.95. The largest absolute Gasteiger partial charge is 0.383 e. The van der Waals surface area contributed by atoms with Gasteiger partial charge < -0.3 is 5.73 Å². The van der Waals surface area contributed by atoms with Crippen molar-refractivity contribution in [2.24, 2.45) is 0 Å². The number of benzene rings is 1. The Morgan fingerprint density at radius 3 is 2.78 bits per heavy atom. The van der Waals surface area contributed by atoms with Gasteiger partial charge in [-0.2, -0.15) is 0 Å². The monoisotopic (exact) mass is 275 g/mol. The van der Waals surface area contributed by atoms with Crippen molar-refractivity contribution in [1.29, 1.82) is 0 Å². The van der Waals surface area contributed by atoms with Gasteiger partial charge in [0.1, 0.15) is 5.82 Å². The van der Waals surface area contributed by atoms with Crippen LogP contribution in [-0.2, 0) is 0 Å². The summed E-state index contributed by atoms with van der Waals surface area (Å²) in [6, 6.07) is 7.73. The average molecular weight is 276 g/mol. The van der Waals surface area contributed by atoms with Crippen molar-refractivity contribution in [1.82, 2.24) is 9.97 Å². The van der Waals surface area contributed by atoms with E-state index in [2.05, 4.69) is 9.97 Å². The van der Waals surface area contributed by atoms with Gasteiger partial charge in [-0.15, -0.1) is 11.3 Å². The number of thiophene rings is 1. The van der Waals surface area contributed by atoms with E-state index in [1.165, 1.54) is 11.3 Å². The normalized spacial score (nSPS) is 11.0. The lowest BCUT2D eigenvalue weighted by atomic mass is 10.1. The zero-order valence-electron chi connectivity index (χ0n) is 9.64. The Labute approximate surface area is 113 Å². The lowest BCUT2D eigenvalue weighted by Gasteiger charge is -2.06. The Hall–Kier alpha value is -1.65. The molecule has 0 atom stereocenters. The second-order valence-corrected chi connectivity index (χ2v) is 5.32. The number of anilines is 1. The van der Waals surface area contributed by atoms with E-state index < -0.39 is 0 Å². The van der Waals surface area contributed by atoms with E-state index >= 15 is 0 Å². The van der Waals surface area contributed by atoms with Gasteiger partial charge in [-0.25, -0.2) is 9.97 Å². The fraction of sp³-hybridized carbons (Fsp3) is 0.0769. The minimum Gasteiger partial charge on any atom is -0.383 e. The van der Waals surface area contributed by atoms with Gasteiger partial charge in [0.25, 0.3) is 0 Å². The lowest BCUT2D eigenvalue weighted by molar-refractivity contribution is 1.23. The molecule has 3 aromatic rings. The highest BCUT2D eigenvalue weighted by Gasteiger charge is 2.12. The van der Waals surface area contributed by atoms with Gasteiger partial charge in [0.2, 0.25) is 0 Å². The molecule has 1 aromatic carbocycles. The first-order valence-electron chi connectivity index (χ1n) is 5.43. The second-order valence-electron chi connectivity index (χ2n) is 4.00. The summed E-state index contributed by atoms with van der Waals surface area (Å²) in [7, 11) is 0. The van der Waals surface area contributed by atoms with E-state index in [0.29, 0.717) is 16.7 Å². The molecule has 90 valence electrons. The third kappa shape index (κ3) is 1.74. The highest BCUT2D eigenvalue weighted by molar-refractivity contribution is 7.14. The predicted molar refractivity (Wildman–Crippen MR) is 77.0 cm³/mol. The SMILES string of the molecule is Cc1cccc2c(N)nc(-c3sccc3Cl)nc12. The second kappa shape index (κ2) is 4.23. The van der Waals surface area contributed by atoms with Gasteiger partial charge in [-0.05, 0) is 30.0 Å². The van der Waals surface area contributed by atoms with E-state index in [1.807, 2.05) is 36.6 Å². The van der Waals surface area contributed by atoms with Gasteiger partial charge in [0.05, 0.1) is 15.4 Å². The molecule has 3 nitrogen and oxygen atoms in total. The third-order valence-corrected chi connectivity index (χ3v) is 4.12. The number of halogens is 1. The van der Waals surface area contributed by atoms with Crippen LogP contribution in [0, 0.1) is 6.92 Å². The van der Waals surface area contributed by atoms with Crippen molar-refractivity contribution >= 4 is 39.7 Å². The van der Waals surface area contributed by atoms with Gasteiger partial charge in [0, 0.05) is 5.39 Å². The summed E-state index contributed by atoms with van der Waals surface area (Å²) in [4.78, 5) is 9.77. The zero-order valence-corrected chi connectivity index (χ0v) is 11.2. The topological polar surface area (TPSA) is 51.8 Å². The molecule has 3 rings (SSSR count). The third-order valence-electron chi connectivity index (χ3n) is 2.78. The molecule has 0 saturated carbocycles. The number of rotatable bonds is 1. The molecule has 0 fully saturated rings. The minimum atomic E-state index is 0.489. The number of fused-ring (bicyclic) bond motifs is 1.